The number of carbonyl (C=O) groups is 1. The number of carboxylic acid groups (broad SMARTS) is 1. The highest BCUT2D eigenvalue weighted by atomic mass is 19.1. The lowest BCUT2D eigenvalue weighted by molar-refractivity contribution is -0.145. The average molecular weight is 299 g/mol. The van der Waals surface area contributed by atoms with Gasteiger partial charge in [-0.05, 0) is 31.9 Å². The summed E-state index contributed by atoms with van der Waals surface area (Å²) in [5.74, 6) is -2.74. The van der Waals surface area contributed by atoms with Gasteiger partial charge < -0.3 is 10.2 Å². The number of aliphatic carboxylic acids is 1. The largest absolute Gasteiger partial charge is 0.480 e. The molecule has 0 spiro atoms. The Morgan fingerprint density at radius 1 is 1.38 bits per heavy atom. The van der Waals surface area contributed by atoms with Crippen molar-refractivity contribution >= 4 is 5.97 Å². The lowest BCUT2D eigenvalue weighted by Crippen LogP contribution is -2.45. The first kappa shape index (κ1) is 15.9. The van der Waals surface area contributed by atoms with Crippen molar-refractivity contribution in [3.05, 3.63) is 35.4 Å². The summed E-state index contributed by atoms with van der Waals surface area (Å²) in [6, 6.07) is 1.71. The van der Waals surface area contributed by atoms with Gasteiger partial charge in [0.25, 0.3) is 0 Å². The number of nitrogens with zero attached hydrogens (tertiary/aromatic N) is 1. The minimum Gasteiger partial charge on any atom is -0.480 e. The quantitative estimate of drug-likeness (QED) is 0.876. The smallest absolute Gasteiger partial charge is 0.325 e. The second-order valence-electron chi connectivity index (χ2n) is 5.31. The van der Waals surface area contributed by atoms with Gasteiger partial charge >= 0.3 is 5.97 Å². The summed E-state index contributed by atoms with van der Waals surface area (Å²) in [5.41, 5.74) is -0.0336. The molecule has 1 aliphatic rings. The molecular weight excluding hydrogens is 280 g/mol. The Labute approximate surface area is 122 Å². The Morgan fingerprint density at radius 2 is 2.14 bits per heavy atom. The van der Waals surface area contributed by atoms with Crippen molar-refractivity contribution in [1.29, 1.82) is 0 Å². The van der Waals surface area contributed by atoms with E-state index in [4.69, 9.17) is 5.11 Å². The van der Waals surface area contributed by atoms with Crippen molar-refractivity contribution in [2.24, 2.45) is 0 Å². The van der Waals surface area contributed by atoms with E-state index in [2.05, 4.69) is 0 Å². The number of benzene rings is 1. The number of hydrogen-bond acceptors (Lipinski definition) is 3. The van der Waals surface area contributed by atoms with Gasteiger partial charge in [0.05, 0.1) is 0 Å². The van der Waals surface area contributed by atoms with Crippen LogP contribution in [0.5, 0.6) is 0 Å². The fourth-order valence-corrected chi connectivity index (χ4v) is 3.00. The van der Waals surface area contributed by atoms with Crippen LogP contribution in [0.3, 0.4) is 0 Å². The summed E-state index contributed by atoms with van der Waals surface area (Å²) in [7, 11) is 0. The van der Waals surface area contributed by atoms with Crippen LogP contribution in [0.2, 0.25) is 0 Å². The summed E-state index contributed by atoms with van der Waals surface area (Å²) in [6.45, 7) is 0.484. The van der Waals surface area contributed by atoms with E-state index < -0.39 is 23.6 Å². The zero-order valence-electron chi connectivity index (χ0n) is 11.6. The third-order valence-corrected chi connectivity index (χ3v) is 3.96. The number of rotatable bonds is 5. The lowest BCUT2D eigenvalue weighted by Gasteiger charge is -2.39. The predicted molar refractivity (Wildman–Crippen MR) is 72.8 cm³/mol. The van der Waals surface area contributed by atoms with E-state index >= 15 is 0 Å². The fraction of sp³-hybridized carbons (Fsp3) is 0.533. The van der Waals surface area contributed by atoms with Crippen molar-refractivity contribution < 1.29 is 23.8 Å². The molecule has 1 heterocycles. The maximum absolute atomic E-state index is 13.9. The molecule has 1 aromatic carbocycles. The first-order valence-electron chi connectivity index (χ1n) is 7.09. The second kappa shape index (κ2) is 6.95. The SMILES string of the molecule is O=C(O)C(c1ccc(F)cc1F)N1CCCCC1CCO. The molecule has 2 atom stereocenters. The minimum atomic E-state index is -1.16. The maximum Gasteiger partial charge on any atom is 0.325 e. The number of halogens is 2. The molecule has 4 nitrogen and oxygen atoms in total. The molecule has 0 aliphatic carbocycles. The molecule has 2 rings (SSSR count). The molecule has 0 aromatic heterocycles. The Kier molecular flexibility index (Phi) is 5.25. The topological polar surface area (TPSA) is 60.8 Å². The molecule has 1 saturated heterocycles. The van der Waals surface area contributed by atoms with Gasteiger partial charge in [-0.15, -0.1) is 0 Å². The highest BCUT2D eigenvalue weighted by Crippen LogP contribution is 2.31. The van der Waals surface area contributed by atoms with Crippen LogP contribution in [0.1, 0.15) is 37.3 Å². The first-order chi connectivity index (χ1) is 10.0. The van der Waals surface area contributed by atoms with Crippen LogP contribution in [-0.4, -0.2) is 40.3 Å². The van der Waals surface area contributed by atoms with Crippen molar-refractivity contribution in [2.45, 2.75) is 37.8 Å². The summed E-state index contributed by atoms with van der Waals surface area (Å²) in [4.78, 5) is 13.3. The van der Waals surface area contributed by atoms with Gasteiger partial charge in [-0.3, -0.25) is 9.69 Å². The average Bonchev–Trinajstić information content (AvgIpc) is 2.43. The van der Waals surface area contributed by atoms with Crippen molar-refractivity contribution in [2.75, 3.05) is 13.2 Å². The van der Waals surface area contributed by atoms with Crippen LogP contribution in [0, 0.1) is 11.6 Å². The standard InChI is InChI=1S/C15H19F2NO3/c16-10-4-5-12(13(17)9-10)14(15(20)21)18-7-2-1-3-11(18)6-8-19/h4-5,9,11,14,19H,1-3,6-8H2,(H,20,21). The molecule has 116 valence electrons. The number of aliphatic hydroxyl groups excluding tert-OH is 1. The van der Waals surface area contributed by atoms with Gasteiger partial charge in [-0.2, -0.15) is 0 Å². The molecule has 0 radical (unpaired) electrons. The second-order valence-corrected chi connectivity index (χ2v) is 5.31. The Balaban J connectivity index is 2.35. The fourth-order valence-electron chi connectivity index (χ4n) is 3.00. The van der Waals surface area contributed by atoms with Gasteiger partial charge in [0.2, 0.25) is 0 Å². The van der Waals surface area contributed by atoms with Crippen molar-refractivity contribution in [3.8, 4) is 0 Å². The van der Waals surface area contributed by atoms with Crippen LogP contribution in [0.4, 0.5) is 8.78 Å². The normalized spacial score (nSPS) is 21.2. The Bertz CT molecular complexity index is 508. The van der Waals surface area contributed by atoms with E-state index in [1.807, 2.05) is 0 Å². The van der Waals surface area contributed by atoms with E-state index in [1.54, 1.807) is 4.90 Å². The highest BCUT2D eigenvalue weighted by Gasteiger charge is 2.35. The first-order valence-corrected chi connectivity index (χ1v) is 7.09. The molecule has 1 fully saturated rings. The molecule has 0 saturated carbocycles. The Morgan fingerprint density at radius 3 is 2.76 bits per heavy atom. The maximum atomic E-state index is 13.9. The monoisotopic (exact) mass is 299 g/mol. The third-order valence-electron chi connectivity index (χ3n) is 3.96. The van der Waals surface area contributed by atoms with Crippen LogP contribution in [0.25, 0.3) is 0 Å². The lowest BCUT2D eigenvalue weighted by atomic mass is 9.94. The summed E-state index contributed by atoms with van der Waals surface area (Å²) in [5, 5.41) is 18.6. The summed E-state index contributed by atoms with van der Waals surface area (Å²) >= 11 is 0. The number of hydrogen-bond donors (Lipinski definition) is 2. The predicted octanol–water partition coefficient (Wildman–Crippen LogP) is 2.33. The zero-order valence-corrected chi connectivity index (χ0v) is 11.6. The van der Waals surface area contributed by atoms with Crippen LogP contribution < -0.4 is 0 Å². The van der Waals surface area contributed by atoms with Crippen LogP contribution in [-0.2, 0) is 4.79 Å². The number of likely N-dealkylation sites (tertiary alicyclic amines) is 1. The molecule has 0 amide bonds. The molecule has 2 unspecified atom stereocenters. The highest BCUT2D eigenvalue weighted by molar-refractivity contribution is 5.75. The van der Waals surface area contributed by atoms with E-state index in [-0.39, 0.29) is 18.2 Å². The van der Waals surface area contributed by atoms with Crippen molar-refractivity contribution in [1.82, 2.24) is 4.90 Å². The molecule has 1 aromatic rings. The van der Waals surface area contributed by atoms with Gasteiger partial charge in [0, 0.05) is 24.3 Å². The molecular formula is C15H19F2NO3. The summed E-state index contributed by atoms with van der Waals surface area (Å²) < 4.78 is 27.0. The van der Waals surface area contributed by atoms with Gasteiger partial charge in [0.1, 0.15) is 17.7 Å². The minimum absolute atomic E-state index is 0.0336. The van der Waals surface area contributed by atoms with Gasteiger partial charge in [-0.1, -0.05) is 12.5 Å². The number of piperidine rings is 1. The molecule has 2 N–H and O–H groups in total. The van der Waals surface area contributed by atoms with E-state index in [1.165, 1.54) is 6.07 Å². The Hall–Kier alpha value is -1.53. The number of aliphatic hydroxyl groups is 1. The van der Waals surface area contributed by atoms with Crippen molar-refractivity contribution in [3.63, 3.8) is 0 Å². The number of carboxylic acids is 1. The molecule has 1 aliphatic heterocycles. The molecule has 21 heavy (non-hydrogen) atoms. The van der Waals surface area contributed by atoms with Crippen LogP contribution >= 0.6 is 0 Å². The van der Waals surface area contributed by atoms with E-state index in [0.29, 0.717) is 19.0 Å². The third kappa shape index (κ3) is 3.57. The van der Waals surface area contributed by atoms with E-state index in [0.717, 1.165) is 25.3 Å². The van der Waals surface area contributed by atoms with Gasteiger partial charge in [0.15, 0.2) is 0 Å². The van der Waals surface area contributed by atoms with Gasteiger partial charge in [-0.25, -0.2) is 8.78 Å². The van der Waals surface area contributed by atoms with Crippen LogP contribution in [0.15, 0.2) is 18.2 Å². The summed E-state index contributed by atoms with van der Waals surface area (Å²) in [6.07, 6.45) is 3.01. The molecule has 6 heteroatoms. The zero-order chi connectivity index (χ0) is 15.4. The van der Waals surface area contributed by atoms with E-state index in [9.17, 15) is 18.7 Å². The molecule has 0 bridgehead atoms.